The molecule has 1 rings (SSSR count). The van der Waals surface area contributed by atoms with Gasteiger partial charge in [-0.25, -0.2) is 5.41 Å². The number of aryl methyl sites for hydroxylation is 1. The van der Waals surface area contributed by atoms with Gasteiger partial charge in [0.05, 0.1) is 11.7 Å². The number of benzene rings is 1. The van der Waals surface area contributed by atoms with Crippen LogP contribution in [0, 0.1) is 5.41 Å². The number of nitrogens with one attached hydrogen (secondary N) is 1. The average Bonchev–Trinajstić information content (AvgIpc) is 2.27. The lowest BCUT2D eigenvalue weighted by atomic mass is 10.1. The molecule has 0 heterocycles. The Bertz CT molecular complexity index is 321. The lowest BCUT2D eigenvalue weighted by molar-refractivity contribution is 0.667. The van der Waals surface area contributed by atoms with Gasteiger partial charge < -0.3 is 0 Å². The first-order valence-electron chi connectivity index (χ1n) is 5.58. The number of hydrogen-bond acceptors (Lipinski definition) is 2. The van der Waals surface area contributed by atoms with E-state index < -0.39 is 0 Å². The third-order valence-corrected chi connectivity index (χ3v) is 2.44. The van der Waals surface area contributed by atoms with Gasteiger partial charge in [-0.15, -0.1) is 0 Å². The molecule has 0 fully saturated rings. The zero-order valence-electron chi connectivity index (χ0n) is 9.29. The molecule has 0 aliphatic heterocycles. The maximum absolute atomic E-state index is 6.73. The quantitative estimate of drug-likeness (QED) is 0.530. The van der Waals surface area contributed by atoms with Gasteiger partial charge in [0.1, 0.15) is 0 Å². The molecule has 80 valence electrons. The normalized spacial score (nSPS) is 9.67. The number of rotatable bonds is 6. The van der Waals surface area contributed by atoms with Gasteiger partial charge in [-0.2, -0.15) is 4.99 Å². The standard InChI is InChI=1S/C13H18N2/c1-2-3-4-5-6-12-7-9-13(10-8-12)15-11-14/h7-10,14H,2-6H2,1H3. The van der Waals surface area contributed by atoms with Crippen molar-refractivity contribution in [3.63, 3.8) is 0 Å². The van der Waals surface area contributed by atoms with E-state index in [1.165, 1.54) is 31.2 Å². The summed E-state index contributed by atoms with van der Waals surface area (Å²) in [5.74, 6) is 0. The fourth-order valence-electron chi connectivity index (χ4n) is 1.56. The van der Waals surface area contributed by atoms with E-state index in [1.807, 2.05) is 18.1 Å². The molecule has 0 amide bonds. The van der Waals surface area contributed by atoms with Crippen LogP contribution < -0.4 is 0 Å². The van der Waals surface area contributed by atoms with E-state index in [0.717, 1.165) is 12.1 Å². The molecule has 0 aromatic heterocycles. The van der Waals surface area contributed by atoms with Crippen LogP contribution in [0.2, 0.25) is 0 Å². The van der Waals surface area contributed by atoms with E-state index in [-0.39, 0.29) is 0 Å². The lowest BCUT2D eigenvalue weighted by Crippen LogP contribution is -1.84. The van der Waals surface area contributed by atoms with Crippen molar-refractivity contribution in [3.8, 4) is 0 Å². The second kappa shape index (κ2) is 6.97. The van der Waals surface area contributed by atoms with Crippen molar-refractivity contribution in [2.75, 3.05) is 0 Å². The fourth-order valence-corrected chi connectivity index (χ4v) is 1.56. The van der Waals surface area contributed by atoms with Crippen LogP contribution >= 0.6 is 0 Å². The molecule has 0 saturated heterocycles. The zero-order chi connectivity index (χ0) is 10.9. The molecule has 1 aromatic rings. The third kappa shape index (κ3) is 4.57. The van der Waals surface area contributed by atoms with Crippen LogP contribution in [0.4, 0.5) is 5.69 Å². The summed E-state index contributed by atoms with van der Waals surface area (Å²) in [6.45, 7) is 2.23. The van der Waals surface area contributed by atoms with E-state index in [0.29, 0.717) is 0 Å². The summed E-state index contributed by atoms with van der Waals surface area (Å²) in [6.07, 6.45) is 6.34. The predicted molar refractivity (Wildman–Crippen MR) is 64.1 cm³/mol. The monoisotopic (exact) mass is 202 g/mol. The Morgan fingerprint density at radius 1 is 1.13 bits per heavy atom. The van der Waals surface area contributed by atoms with Crippen molar-refractivity contribution >= 4 is 11.7 Å². The van der Waals surface area contributed by atoms with Gasteiger partial charge in [0.25, 0.3) is 0 Å². The van der Waals surface area contributed by atoms with Gasteiger partial charge in [-0.1, -0.05) is 38.3 Å². The molecule has 0 saturated carbocycles. The molecular formula is C13H18N2. The fraction of sp³-hybridized carbons (Fsp3) is 0.462. The van der Waals surface area contributed by atoms with Gasteiger partial charge in [0.2, 0.25) is 0 Å². The highest BCUT2D eigenvalue weighted by atomic mass is 14.7. The van der Waals surface area contributed by atoms with Crippen LogP contribution in [0.25, 0.3) is 0 Å². The highest BCUT2D eigenvalue weighted by molar-refractivity contribution is 5.50. The summed E-state index contributed by atoms with van der Waals surface area (Å²) >= 11 is 0. The van der Waals surface area contributed by atoms with E-state index in [1.54, 1.807) is 0 Å². The number of nitrogens with zero attached hydrogens (tertiary/aromatic N) is 1. The topological polar surface area (TPSA) is 36.2 Å². The van der Waals surface area contributed by atoms with Crippen LogP contribution in [0.1, 0.15) is 38.2 Å². The Hall–Kier alpha value is -1.40. The van der Waals surface area contributed by atoms with E-state index in [2.05, 4.69) is 24.0 Å². The molecule has 0 bridgehead atoms. The Balaban J connectivity index is 2.39. The second-order valence-electron chi connectivity index (χ2n) is 3.70. The Kier molecular flexibility index (Phi) is 5.42. The van der Waals surface area contributed by atoms with Crippen LogP contribution in [0.15, 0.2) is 29.3 Å². The highest BCUT2D eigenvalue weighted by Crippen LogP contribution is 2.14. The van der Waals surface area contributed by atoms with Crippen molar-refractivity contribution in [1.29, 1.82) is 5.41 Å². The van der Waals surface area contributed by atoms with Crippen LogP contribution in [-0.4, -0.2) is 6.01 Å². The molecule has 2 nitrogen and oxygen atoms in total. The summed E-state index contributed by atoms with van der Waals surface area (Å²) in [4.78, 5) is 3.77. The van der Waals surface area contributed by atoms with Gasteiger partial charge in [0.15, 0.2) is 0 Å². The maximum atomic E-state index is 6.73. The Labute approximate surface area is 91.6 Å². The molecule has 2 heteroatoms. The zero-order valence-corrected chi connectivity index (χ0v) is 9.29. The van der Waals surface area contributed by atoms with E-state index in [9.17, 15) is 0 Å². The van der Waals surface area contributed by atoms with E-state index >= 15 is 0 Å². The van der Waals surface area contributed by atoms with Crippen molar-refractivity contribution in [2.24, 2.45) is 4.99 Å². The molecule has 1 N–H and O–H groups in total. The Morgan fingerprint density at radius 2 is 1.87 bits per heavy atom. The smallest absolute Gasteiger partial charge is 0.0918 e. The maximum Gasteiger partial charge on any atom is 0.0918 e. The van der Waals surface area contributed by atoms with Gasteiger partial charge in [-0.05, 0) is 30.5 Å². The molecule has 1 aromatic carbocycles. The summed E-state index contributed by atoms with van der Waals surface area (Å²) in [5.41, 5.74) is 2.16. The first kappa shape index (κ1) is 11.7. The molecule has 15 heavy (non-hydrogen) atoms. The molecule has 0 aliphatic rings. The molecular weight excluding hydrogens is 184 g/mol. The third-order valence-electron chi connectivity index (χ3n) is 2.44. The molecule has 0 aliphatic carbocycles. The number of aliphatic imine (C=N–C) groups is 1. The van der Waals surface area contributed by atoms with Gasteiger partial charge in [-0.3, -0.25) is 0 Å². The minimum Gasteiger partial charge on any atom is -0.241 e. The summed E-state index contributed by atoms with van der Waals surface area (Å²) in [5, 5.41) is 6.73. The second-order valence-corrected chi connectivity index (χ2v) is 3.70. The van der Waals surface area contributed by atoms with Crippen LogP contribution in [-0.2, 0) is 6.42 Å². The minimum absolute atomic E-state index is 0.808. The number of hydrogen-bond donors (Lipinski definition) is 1. The Morgan fingerprint density at radius 3 is 2.47 bits per heavy atom. The lowest BCUT2D eigenvalue weighted by Gasteiger charge is -2.01. The van der Waals surface area contributed by atoms with Crippen molar-refractivity contribution in [1.82, 2.24) is 0 Å². The van der Waals surface area contributed by atoms with Gasteiger partial charge >= 0.3 is 0 Å². The van der Waals surface area contributed by atoms with E-state index in [4.69, 9.17) is 5.41 Å². The van der Waals surface area contributed by atoms with Crippen LogP contribution in [0.3, 0.4) is 0 Å². The van der Waals surface area contributed by atoms with Crippen molar-refractivity contribution in [2.45, 2.75) is 39.0 Å². The largest absolute Gasteiger partial charge is 0.241 e. The highest BCUT2D eigenvalue weighted by Gasteiger charge is 1.93. The molecule has 0 atom stereocenters. The SMILES string of the molecule is CCCCCCc1ccc(N=C=N)cc1. The summed E-state index contributed by atoms with van der Waals surface area (Å²) in [6, 6.07) is 10.1. The minimum atomic E-state index is 0.808. The molecule has 0 spiro atoms. The first-order valence-corrected chi connectivity index (χ1v) is 5.58. The average molecular weight is 202 g/mol. The van der Waals surface area contributed by atoms with Crippen molar-refractivity contribution < 1.29 is 0 Å². The first-order chi connectivity index (χ1) is 7.36. The number of unbranched alkanes of at least 4 members (excludes halogenated alkanes) is 3. The molecule has 0 radical (unpaired) electrons. The predicted octanol–water partition coefficient (Wildman–Crippen LogP) is 4.19. The summed E-state index contributed by atoms with van der Waals surface area (Å²) < 4.78 is 0. The van der Waals surface area contributed by atoms with Crippen LogP contribution in [0.5, 0.6) is 0 Å². The molecule has 0 unspecified atom stereocenters. The van der Waals surface area contributed by atoms with Gasteiger partial charge in [0, 0.05) is 0 Å². The van der Waals surface area contributed by atoms with Crippen molar-refractivity contribution in [3.05, 3.63) is 29.8 Å². The summed E-state index contributed by atoms with van der Waals surface area (Å²) in [7, 11) is 0.